The SMILES string of the molecule is CC(=O)Oc1cc(N)cn1C. The lowest BCUT2D eigenvalue weighted by atomic mass is 10.5. The molecule has 0 saturated carbocycles. The van der Waals surface area contributed by atoms with Crippen LogP contribution in [-0.4, -0.2) is 10.5 Å². The standard InChI is InChI=1S/C7H10N2O2/c1-5(10)11-7-3-6(8)4-9(7)2/h3-4H,8H2,1-2H3. The predicted molar refractivity (Wildman–Crippen MR) is 41.1 cm³/mol. The van der Waals surface area contributed by atoms with Crippen molar-refractivity contribution in [3.63, 3.8) is 0 Å². The summed E-state index contributed by atoms with van der Waals surface area (Å²) >= 11 is 0. The highest BCUT2D eigenvalue weighted by Gasteiger charge is 2.03. The number of aryl methyl sites for hydroxylation is 1. The first-order valence-corrected chi connectivity index (χ1v) is 3.20. The van der Waals surface area contributed by atoms with Crippen LogP contribution in [0.4, 0.5) is 5.69 Å². The Morgan fingerprint density at radius 2 is 2.36 bits per heavy atom. The van der Waals surface area contributed by atoms with Gasteiger partial charge in [0.05, 0.1) is 5.69 Å². The average molecular weight is 154 g/mol. The fourth-order valence-corrected chi connectivity index (χ4v) is 0.818. The van der Waals surface area contributed by atoms with Crippen molar-refractivity contribution < 1.29 is 9.53 Å². The van der Waals surface area contributed by atoms with Gasteiger partial charge >= 0.3 is 5.97 Å². The second-order valence-corrected chi connectivity index (χ2v) is 2.32. The largest absolute Gasteiger partial charge is 0.409 e. The van der Waals surface area contributed by atoms with Gasteiger partial charge in [-0.25, -0.2) is 0 Å². The van der Waals surface area contributed by atoms with E-state index in [4.69, 9.17) is 10.5 Å². The van der Waals surface area contributed by atoms with Crippen LogP contribution in [0.2, 0.25) is 0 Å². The molecule has 1 heterocycles. The molecule has 2 N–H and O–H groups in total. The van der Waals surface area contributed by atoms with Crippen molar-refractivity contribution in [2.75, 3.05) is 5.73 Å². The number of esters is 1. The van der Waals surface area contributed by atoms with Crippen LogP contribution in [0.25, 0.3) is 0 Å². The average Bonchev–Trinajstić information content (AvgIpc) is 2.09. The molecule has 1 aromatic heterocycles. The normalized spacial score (nSPS) is 9.64. The lowest BCUT2D eigenvalue weighted by Gasteiger charge is -1.99. The monoisotopic (exact) mass is 154 g/mol. The Labute approximate surface area is 64.6 Å². The van der Waals surface area contributed by atoms with E-state index in [0.717, 1.165) is 0 Å². The summed E-state index contributed by atoms with van der Waals surface area (Å²) < 4.78 is 6.46. The van der Waals surface area contributed by atoms with Crippen LogP contribution < -0.4 is 10.5 Å². The number of nitrogens with zero attached hydrogens (tertiary/aromatic N) is 1. The number of nitrogens with two attached hydrogens (primary N) is 1. The number of carbonyl (C=O) groups excluding carboxylic acids is 1. The van der Waals surface area contributed by atoms with E-state index in [1.165, 1.54) is 6.92 Å². The molecule has 0 aromatic carbocycles. The molecule has 0 aliphatic heterocycles. The van der Waals surface area contributed by atoms with Crippen LogP contribution in [0.5, 0.6) is 5.88 Å². The van der Waals surface area contributed by atoms with E-state index in [2.05, 4.69) is 0 Å². The van der Waals surface area contributed by atoms with Crippen LogP contribution in [0.1, 0.15) is 6.92 Å². The molecule has 0 fully saturated rings. The predicted octanol–water partition coefficient (Wildman–Crippen LogP) is 0.533. The summed E-state index contributed by atoms with van der Waals surface area (Å²) in [5.74, 6) is 0.126. The maximum absolute atomic E-state index is 10.5. The molecule has 0 radical (unpaired) electrons. The lowest BCUT2D eigenvalue weighted by molar-refractivity contribution is -0.132. The first kappa shape index (κ1) is 7.65. The Hall–Kier alpha value is -1.45. The van der Waals surface area contributed by atoms with Crippen molar-refractivity contribution in [2.45, 2.75) is 6.92 Å². The van der Waals surface area contributed by atoms with Crippen LogP contribution in [0.15, 0.2) is 12.3 Å². The minimum atomic E-state index is -0.341. The van der Waals surface area contributed by atoms with Gasteiger partial charge in [-0.2, -0.15) is 0 Å². The number of aromatic nitrogens is 1. The van der Waals surface area contributed by atoms with Gasteiger partial charge in [0.15, 0.2) is 0 Å². The third-order valence-electron chi connectivity index (χ3n) is 1.23. The van der Waals surface area contributed by atoms with Gasteiger partial charge in [-0.3, -0.25) is 4.79 Å². The summed E-state index contributed by atoms with van der Waals surface area (Å²) in [5.41, 5.74) is 6.03. The smallest absolute Gasteiger partial charge is 0.309 e. The molecule has 0 aliphatic rings. The Kier molecular flexibility index (Phi) is 1.85. The summed E-state index contributed by atoms with van der Waals surface area (Å²) in [6.45, 7) is 1.35. The molecule has 4 heteroatoms. The third kappa shape index (κ3) is 1.73. The number of anilines is 1. The highest BCUT2D eigenvalue weighted by atomic mass is 16.5. The van der Waals surface area contributed by atoms with Crippen LogP contribution >= 0.6 is 0 Å². The van der Waals surface area contributed by atoms with Crippen molar-refractivity contribution in [3.05, 3.63) is 12.3 Å². The number of rotatable bonds is 1. The molecule has 0 amide bonds. The third-order valence-corrected chi connectivity index (χ3v) is 1.23. The zero-order valence-electron chi connectivity index (χ0n) is 6.50. The van der Waals surface area contributed by atoms with Crippen molar-refractivity contribution >= 4 is 11.7 Å². The molecule has 0 saturated heterocycles. The van der Waals surface area contributed by atoms with Gasteiger partial charge < -0.3 is 15.0 Å². The molecule has 0 unspecified atom stereocenters. The van der Waals surface area contributed by atoms with Crippen molar-refractivity contribution in [2.24, 2.45) is 7.05 Å². The van der Waals surface area contributed by atoms with E-state index in [9.17, 15) is 4.79 Å². The topological polar surface area (TPSA) is 57.2 Å². The molecule has 1 rings (SSSR count). The molecule has 11 heavy (non-hydrogen) atoms. The number of carbonyl (C=O) groups is 1. The van der Waals surface area contributed by atoms with E-state index in [1.54, 1.807) is 23.9 Å². The van der Waals surface area contributed by atoms with E-state index in [0.29, 0.717) is 11.6 Å². The van der Waals surface area contributed by atoms with Gasteiger partial charge in [-0.15, -0.1) is 0 Å². The Balaban J connectivity index is 2.85. The zero-order valence-corrected chi connectivity index (χ0v) is 6.50. The Morgan fingerprint density at radius 1 is 1.73 bits per heavy atom. The molecule has 0 atom stereocenters. The maximum Gasteiger partial charge on any atom is 0.309 e. The number of hydrogen-bond donors (Lipinski definition) is 1. The first-order chi connectivity index (χ1) is 5.09. The van der Waals surface area contributed by atoms with Crippen LogP contribution in [-0.2, 0) is 11.8 Å². The minimum Gasteiger partial charge on any atom is -0.409 e. The second kappa shape index (κ2) is 2.65. The van der Waals surface area contributed by atoms with E-state index >= 15 is 0 Å². The molecule has 1 aromatic rings. The lowest BCUT2D eigenvalue weighted by Crippen LogP contribution is -2.04. The molecule has 4 nitrogen and oxygen atoms in total. The highest BCUT2D eigenvalue weighted by Crippen LogP contribution is 2.16. The molecule has 0 spiro atoms. The quantitative estimate of drug-likeness (QED) is 0.600. The van der Waals surface area contributed by atoms with Crippen molar-refractivity contribution in [1.82, 2.24) is 4.57 Å². The van der Waals surface area contributed by atoms with Gasteiger partial charge in [0.1, 0.15) is 0 Å². The van der Waals surface area contributed by atoms with Gasteiger partial charge in [-0.1, -0.05) is 0 Å². The molecule has 0 bridgehead atoms. The van der Waals surface area contributed by atoms with Gasteiger partial charge in [0.25, 0.3) is 0 Å². The van der Waals surface area contributed by atoms with E-state index < -0.39 is 0 Å². The van der Waals surface area contributed by atoms with Crippen LogP contribution in [0.3, 0.4) is 0 Å². The summed E-state index contributed by atoms with van der Waals surface area (Å²) in [6.07, 6.45) is 1.68. The number of ether oxygens (including phenoxy) is 1. The maximum atomic E-state index is 10.5. The van der Waals surface area contributed by atoms with Crippen molar-refractivity contribution in [3.8, 4) is 5.88 Å². The summed E-state index contributed by atoms with van der Waals surface area (Å²) in [5, 5.41) is 0. The van der Waals surface area contributed by atoms with Gasteiger partial charge in [-0.05, 0) is 0 Å². The molecule has 60 valence electrons. The molecule has 0 aliphatic carbocycles. The molecular weight excluding hydrogens is 144 g/mol. The zero-order chi connectivity index (χ0) is 8.43. The minimum absolute atomic E-state index is 0.341. The highest BCUT2D eigenvalue weighted by molar-refractivity contribution is 5.69. The number of hydrogen-bond acceptors (Lipinski definition) is 3. The van der Waals surface area contributed by atoms with Gasteiger partial charge in [0.2, 0.25) is 5.88 Å². The Bertz CT molecular complexity index is 278. The van der Waals surface area contributed by atoms with Crippen LogP contribution in [0, 0.1) is 0 Å². The van der Waals surface area contributed by atoms with E-state index in [-0.39, 0.29) is 5.97 Å². The summed E-state index contributed by atoms with van der Waals surface area (Å²) in [4.78, 5) is 10.5. The fourth-order valence-electron chi connectivity index (χ4n) is 0.818. The first-order valence-electron chi connectivity index (χ1n) is 3.20. The second-order valence-electron chi connectivity index (χ2n) is 2.32. The van der Waals surface area contributed by atoms with Crippen molar-refractivity contribution in [1.29, 1.82) is 0 Å². The fraction of sp³-hybridized carbons (Fsp3) is 0.286. The Morgan fingerprint density at radius 3 is 2.73 bits per heavy atom. The summed E-state index contributed by atoms with van der Waals surface area (Å²) in [6, 6.07) is 1.60. The van der Waals surface area contributed by atoms with Gasteiger partial charge in [0, 0.05) is 26.2 Å². The van der Waals surface area contributed by atoms with E-state index in [1.807, 2.05) is 0 Å². The molecular formula is C7H10N2O2. The summed E-state index contributed by atoms with van der Waals surface area (Å²) in [7, 11) is 1.76. The number of nitrogen functional groups attached to an aromatic ring is 1.